The summed E-state index contributed by atoms with van der Waals surface area (Å²) < 4.78 is 1.12. The third-order valence-electron chi connectivity index (χ3n) is 4.74. The quantitative estimate of drug-likeness (QED) is 0.378. The number of thiazole rings is 1. The first-order valence-electron chi connectivity index (χ1n) is 8.46. The number of fused-ring (bicyclic) bond motifs is 1. The first-order valence-corrected chi connectivity index (χ1v) is 9.28. The first kappa shape index (κ1) is 16.7. The molecule has 0 bridgehead atoms. The number of ketones is 1. The zero-order valence-corrected chi connectivity index (χ0v) is 15.0. The molecule has 0 aliphatic carbocycles. The summed E-state index contributed by atoms with van der Waals surface area (Å²) in [4.78, 5) is 29.6. The molecule has 1 aliphatic heterocycles. The van der Waals surface area contributed by atoms with E-state index in [1.165, 1.54) is 13.0 Å². The zero-order valence-electron chi connectivity index (χ0n) is 14.2. The molecule has 1 fully saturated rings. The van der Waals surface area contributed by atoms with Crippen molar-refractivity contribution in [1.29, 1.82) is 0 Å². The average molecular weight is 367 g/mol. The second-order valence-corrected chi connectivity index (χ2v) is 7.45. The third-order valence-corrected chi connectivity index (χ3v) is 5.87. The SMILES string of the molecule is CC(=O)c1ccc(N2CCC[C@H]2c2nc3ccccc3s2)c([N+](=O)[O-])c1. The van der Waals surface area contributed by atoms with Crippen LogP contribution in [0.1, 0.15) is 41.2 Å². The smallest absolute Gasteiger partial charge is 0.293 e. The van der Waals surface area contributed by atoms with Gasteiger partial charge in [-0.1, -0.05) is 12.1 Å². The maximum atomic E-state index is 11.6. The number of para-hydroxylation sites is 1. The number of Topliss-reactive ketones (excluding diaryl/α,β-unsaturated/α-hetero) is 1. The summed E-state index contributed by atoms with van der Waals surface area (Å²) in [6.07, 6.45) is 1.86. The predicted molar refractivity (Wildman–Crippen MR) is 102 cm³/mol. The van der Waals surface area contributed by atoms with Gasteiger partial charge in [0.25, 0.3) is 5.69 Å². The highest BCUT2D eigenvalue weighted by Gasteiger charge is 2.33. The van der Waals surface area contributed by atoms with Crippen molar-refractivity contribution in [3.63, 3.8) is 0 Å². The maximum absolute atomic E-state index is 11.6. The van der Waals surface area contributed by atoms with Gasteiger partial charge in [-0.2, -0.15) is 0 Å². The summed E-state index contributed by atoms with van der Waals surface area (Å²) in [6.45, 7) is 2.15. The van der Waals surface area contributed by atoms with Gasteiger partial charge in [0.15, 0.2) is 5.78 Å². The topological polar surface area (TPSA) is 76.3 Å². The Kier molecular flexibility index (Phi) is 4.16. The van der Waals surface area contributed by atoms with Crippen LogP contribution in [0.3, 0.4) is 0 Å². The molecule has 26 heavy (non-hydrogen) atoms. The molecular weight excluding hydrogens is 350 g/mol. The van der Waals surface area contributed by atoms with E-state index >= 15 is 0 Å². The number of nitrogens with zero attached hydrogens (tertiary/aromatic N) is 3. The maximum Gasteiger partial charge on any atom is 0.293 e. The highest BCUT2D eigenvalue weighted by Crippen LogP contribution is 2.42. The fraction of sp³-hybridized carbons (Fsp3) is 0.263. The van der Waals surface area contributed by atoms with E-state index in [4.69, 9.17) is 4.98 Å². The number of anilines is 1. The lowest BCUT2D eigenvalue weighted by atomic mass is 10.1. The zero-order chi connectivity index (χ0) is 18.3. The predicted octanol–water partition coefficient (Wildman–Crippen LogP) is 4.75. The molecular formula is C19H17N3O3S. The summed E-state index contributed by atoms with van der Waals surface area (Å²) in [5, 5.41) is 12.6. The lowest BCUT2D eigenvalue weighted by Crippen LogP contribution is -2.23. The Morgan fingerprint density at radius 3 is 2.85 bits per heavy atom. The van der Waals surface area contributed by atoms with E-state index in [1.54, 1.807) is 23.5 Å². The molecule has 6 nitrogen and oxygen atoms in total. The number of benzene rings is 2. The van der Waals surface area contributed by atoms with Gasteiger partial charge in [0.1, 0.15) is 10.7 Å². The van der Waals surface area contributed by atoms with E-state index in [0.29, 0.717) is 11.3 Å². The fourth-order valence-electron chi connectivity index (χ4n) is 3.48. The van der Waals surface area contributed by atoms with Crippen molar-refractivity contribution in [2.24, 2.45) is 0 Å². The molecule has 1 aliphatic rings. The van der Waals surface area contributed by atoms with Gasteiger partial charge < -0.3 is 4.90 Å². The Morgan fingerprint density at radius 2 is 2.12 bits per heavy atom. The van der Waals surface area contributed by atoms with Crippen LogP contribution in [0.5, 0.6) is 0 Å². The molecule has 0 amide bonds. The molecule has 0 saturated carbocycles. The molecule has 132 valence electrons. The standard InChI is InChI=1S/C19H17N3O3S/c1-12(23)13-8-9-15(17(11-13)22(24)25)21-10-4-6-16(21)19-20-14-5-2-3-7-18(14)26-19/h2-3,5,7-9,11,16H,4,6,10H2,1H3/t16-/m0/s1. The number of rotatable bonds is 4. The van der Waals surface area contributed by atoms with Crippen LogP contribution in [0.2, 0.25) is 0 Å². The Morgan fingerprint density at radius 1 is 1.31 bits per heavy atom. The number of nitro groups is 1. The van der Waals surface area contributed by atoms with Gasteiger partial charge in [-0.05, 0) is 44.0 Å². The number of carbonyl (C=O) groups is 1. The molecule has 4 rings (SSSR count). The van der Waals surface area contributed by atoms with E-state index in [0.717, 1.165) is 34.6 Å². The van der Waals surface area contributed by atoms with E-state index in [-0.39, 0.29) is 17.5 Å². The van der Waals surface area contributed by atoms with Crippen molar-refractivity contribution in [1.82, 2.24) is 4.98 Å². The van der Waals surface area contributed by atoms with Gasteiger partial charge in [0, 0.05) is 18.2 Å². The summed E-state index contributed by atoms with van der Waals surface area (Å²) >= 11 is 1.64. The summed E-state index contributed by atoms with van der Waals surface area (Å²) in [5.74, 6) is -0.177. The Bertz CT molecular complexity index is 981. The molecule has 3 aromatic rings. The highest BCUT2D eigenvalue weighted by atomic mass is 32.1. The van der Waals surface area contributed by atoms with Crippen LogP contribution in [-0.2, 0) is 0 Å². The molecule has 0 radical (unpaired) electrons. The van der Waals surface area contributed by atoms with Crippen molar-refractivity contribution < 1.29 is 9.72 Å². The number of carbonyl (C=O) groups excluding carboxylic acids is 1. The Balaban J connectivity index is 1.76. The molecule has 1 saturated heterocycles. The van der Waals surface area contributed by atoms with Gasteiger partial charge in [-0.15, -0.1) is 11.3 Å². The number of hydrogen-bond donors (Lipinski definition) is 0. The summed E-state index contributed by atoms with van der Waals surface area (Å²) in [6, 6.07) is 12.7. The molecule has 2 heterocycles. The minimum Gasteiger partial charge on any atom is -0.357 e. The van der Waals surface area contributed by atoms with Crippen LogP contribution in [0.4, 0.5) is 11.4 Å². The van der Waals surface area contributed by atoms with Crippen molar-refractivity contribution in [3.8, 4) is 0 Å². The first-order chi connectivity index (χ1) is 12.5. The second-order valence-electron chi connectivity index (χ2n) is 6.39. The Hall–Kier alpha value is -2.80. The number of nitro benzene ring substituents is 1. The summed E-state index contributed by atoms with van der Waals surface area (Å²) in [7, 11) is 0. The lowest BCUT2D eigenvalue weighted by molar-refractivity contribution is -0.384. The van der Waals surface area contributed by atoms with Crippen molar-refractivity contribution in [3.05, 3.63) is 63.1 Å². The minimum atomic E-state index is -0.407. The van der Waals surface area contributed by atoms with Gasteiger partial charge in [0.2, 0.25) is 0 Å². The van der Waals surface area contributed by atoms with E-state index in [2.05, 4.69) is 4.90 Å². The summed E-state index contributed by atoms with van der Waals surface area (Å²) in [5.41, 5.74) is 1.85. The van der Waals surface area contributed by atoms with Gasteiger partial charge >= 0.3 is 0 Å². The molecule has 0 N–H and O–H groups in total. The highest BCUT2D eigenvalue weighted by molar-refractivity contribution is 7.18. The largest absolute Gasteiger partial charge is 0.357 e. The van der Waals surface area contributed by atoms with E-state index in [9.17, 15) is 14.9 Å². The number of aromatic nitrogens is 1. The van der Waals surface area contributed by atoms with Crippen LogP contribution in [0.25, 0.3) is 10.2 Å². The third kappa shape index (κ3) is 2.84. The van der Waals surface area contributed by atoms with Crippen molar-refractivity contribution in [2.75, 3.05) is 11.4 Å². The van der Waals surface area contributed by atoms with Crippen molar-refractivity contribution >= 4 is 38.7 Å². The molecule has 2 aromatic carbocycles. The molecule has 1 aromatic heterocycles. The van der Waals surface area contributed by atoms with Crippen LogP contribution < -0.4 is 4.90 Å². The van der Waals surface area contributed by atoms with Crippen LogP contribution in [0.15, 0.2) is 42.5 Å². The monoisotopic (exact) mass is 367 g/mol. The normalized spacial score (nSPS) is 17.0. The van der Waals surface area contributed by atoms with Crippen LogP contribution in [0, 0.1) is 10.1 Å². The van der Waals surface area contributed by atoms with E-state index < -0.39 is 4.92 Å². The van der Waals surface area contributed by atoms with Gasteiger partial charge in [0.05, 0.1) is 21.2 Å². The van der Waals surface area contributed by atoms with Crippen molar-refractivity contribution in [2.45, 2.75) is 25.8 Å². The van der Waals surface area contributed by atoms with E-state index in [1.807, 2.05) is 24.3 Å². The molecule has 0 spiro atoms. The molecule has 1 atom stereocenters. The van der Waals surface area contributed by atoms with Crippen LogP contribution in [-0.4, -0.2) is 22.2 Å². The molecule has 0 unspecified atom stereocenters. The second kappa shape index (κ2) is 6.49. The van der Waals surface area contributed by atoms with Gasteiger partial charge in [-0.25, -0.2) is 4.98 Å². The van der Waals surface area contributed by atoms with Crippen LogP contribution >= 0.6 is 11.3 Å². The number of hydrogen-bond acceptors (Lipinski definition) is 6. The fourth-order valence-corrected chi connectivity index (χ4v) is 4.59. The minimum absolute atomic E-state index is 0.0225. The van der Waals surface area contributed by atoms with Gasteiger partial charge in [-0.3, -0.25) is 14.9 Å². The average Bonchev–Trinajstić information content (AvgIpc) is 3.27. The molecule has 7 heteroatoms. The Labute approximate surface area is 154 Å². The lowest BCUT2D eigenvalue weighted by Gasteiger charge is -2.25.